The smallest absolute Gasteiger partial charge is 0.317 e. The van der Waals surface area contributed by atoms with Crippen molar-refractivity contribution in [2.24, 2.45) is 0 Å². The molecule has 0 unspecified atom stereocenters. The molecule has 1 atom stereocenters. The van der Waals surface area contributed by atoms with Crippen molar-refractivity contribution in [3.05, 3.63) is 30.3 Å². The molecule has 5 nitrogen and oxygen atoms in total. The standard InChI is InChI=1S/C18H28N2O3/c1-18(2,23-16-8-5-4-6-9-16)14-19-17(21)20-12-7-10-15(22-3)11-13-20/h4-6,8-9,15H,7,10-14H2,1-3H3,(H,19,21)/t15-/m0/s1. The highest BCUT2D eigenvalue weighted by molar-refractivity contribution is 5.74. The number of ether oxygens (including phenoxy) is 2. The first-order chi connectivity index (χ1) is 11.0. The second-order valence-corrected chi connectivity index (χ2v) is 6.61. The Morgan fingerprint density at radius 3 is 2.70 bits per heavy atom. The number of rotatable bonds is 5. The minimum atomic E-state index is -0.460. The van der Waals surface area contributed by atoms with E-state index in [1.807, 2.05) is 49.1 Å². The molecular formula is C18H28N2O3. The van der Waals surface area contributed by atoms with Crippen molar-refractivity contribution >= 4 is 6.03 Å². The predicted molar refractivity (Wildman–Crippen MR) is 90.8 cm³/mol. The fraction of sp³-hybridized carbons (Fsp3) is 0.611. The topological polar surface area (TPSA) is 50.8 Å². The maximum atomic E-state index is 12.4. The van der Waals surface area contributed by atoms with Crippen LogP contribution < -0.4 is 10.1 Å². The van der Waals surface area contributed by atoms with Crippen LogP contribution >= 0.6 is 0 Å². The first-order valence-corrected chi connectivity index (χ1v) is 8.30. The number of carbonyl (C=O) groups is 1. The van der Waals surface area contributed by atoms with Crippen molar-refractivity contribution in [1.29, 1.82) is 0 Å². The Labute approximate surface area is 139 Å². The SMILES string of the molecule is CO[C@H]1CCCN(C(=O)NCC(C)(C)Oc2ccccc2)CC1. The minimum absolute atomic E-state index is 0.0218. The van der Waals surface area contributed by atoms with E-state index in [9.17, 15) is 4.79 Å². The summed E-state index contributed by atoms with van der Waals surface area (Å²) in [5.74, 6) is 0.810. The van der Waals surface area contributed by atoms with Crippen molar-refractivity contribution < 1.29 is 14.3 Å². The van der Waals surface area contributed by atoms with Gasteiger partial charge in [0.2, 0.25) is 0 Å². The molecule has 2 amide bonds. The molecule has 0 aliphatic carbocycles. The van der Waals surface area contributed by atoms with Gasteiger partial charge in [-0.2, -0.15) is 0 Å². The molecule has 1 aliphatic heterocycles. The lowest BCUT2D eigenvalue weighted by molar-refractivity contribution is 0.0897. The van der Waals surface area contributed by atoms with E-state index in [4.69, 9.17) is 9.47 Å². The Hall–Kier alpha value is -1.75. The second kappa shape index (κ2) is 8.20. The Balaban J connectivity index is 1.80. The normalized spacial score (nSPS) is 19.1. The van der Waals surface area contributed by atoms with Gasteiger partial charge in [-0.25, -0.2) is 4.79 Å². The van der Waals surface area contributed by atoms with E-state index in [1.165, 1.54) is 0 Å². The zero-order valence-corrected chi connectivity index (χ0v) is 14.4. The number of likely N-dealkylation sites (tertiary alicyclic amines) is 1. The molecule has 2 rings (SSSR count). The average molecular weight is 320 g/mol. The third kappa shape index (κ3) is 5.75. The van der Waals surface area contributed by atoms with Gasteiger partial charge in [0.25, 0.3) is 0 Å². The summed E-state index contributed by atoms with van der Waals surface area (Å²) in [4.78, 5) is 14.2. The van der Waals surface area contributed by atoms with Gasteiger partial charge in [-0.3, -0.25) is 0 Å². The molecule has 1 aliphatic rings. The molecule has 0 radical (unpaired) electrons. The lowest BCUT2D eigenvalue weighted by Gasteiger charge is -2.29. The molecule has 128 valence electrons. The highest BCUT2D eigenvalue weighted by Gasteiger charge is 2.24. The van der Waals surface area contributed by atoms with Gasteiger partial charge in [0, 0.05) is 20.2 Å². The van der Waals surface area contributed by atoms with Gasteiger partial charge in [0.05, 0.1) is 12.6 Å². The maximum Gasteiger partial charge on any atom is 0.317 e. The highest BCUT2D eigenvalue weighted by atomic mass is 16.5. The molecule has 1 saturated heterocycles. The van der Waals surface area contributed by atoms with Crippen molar-refractivity contribution in [1.82, 2.24) is 10.2 Å². The van der Waals surface area contributed by atoms with Gasteiger partial charge in [0.1, 0.15) is 11.4 Å². The van der Waals surface area contributed by atoms with Crippen LogP contribution in [0.4, 0.5) is 4.79 Å². The number of hydrogen-bond donors (Lipinski definition) is 1. The van der Waals surface area contributed by atoms with Gasteiger partial charge < -0.3 is 19.7 Å². The first kappa shape index (κ1) is 17.6. The molecule has 0 saturated carbocycles. The fourth-order valence-electron chi connectivity index (χ4n) is 2.75. The summed E-state index contributed by atoms with van der Waals surface area (Å²) in [7, 11) is 1.74. The van der Waals surface area contributed by atoms with Crippen LogP contribution in [0.15, 0.2) is 30.3 Å². The maximum absolute atomic E-state index is 12.4. The Bertz CT molecular complexity index is 490. The van der Waals surface area contributed by atoms with E-state index < -0.39 is 5.60 Å². The molecule has 1 aromatic carbocycles. The zero-order valence-electron chi connectivity index (χ0n) is 14.4. The Morgan fingerprint density at radius 1 is 1.26 bits per heavy atom. The van der Waals surface area contributed by atoms with Crippen LogP contribution in [-0.2, 0) is 4.74 Å². The molecule has 0 spiro atoms. The van der Waals surface area contributed by atoms with Crippen LogP contribution in [0, 0.1) is 0 Å². The van der Waals surface area contributed by atoms with Crippen LogP contribution in [-0.4, -0.2) is 49.4 Å². The van der Waals surface area contributed by atoms with Gasteiger partial charge in [-0.05, 0) is 45.2 Å². The summed E-state index contributed by atoms with van der Waals surface area (Å²) >= 11 is 0. The van der Waals surface area contributed by atoms with E-state index in [2.05, 4.69) is 5.32 Å². The summed E-state index contributed by atoms with van der Waals surface area (Å²) < 4.78 is 11.3. The Morgan fingerprint density at radius 2 is 2.00 bits per heavy atom. The molecule has 1 fully saturated rings. The molecule has 5 heteroatoms. The van der Waals surface area contributed by atoms with Gasteiger partial charge in [-0.1, -0.05) is 18.2 Å². The van der Waals surface area contributed by atoms with Crippen molar-refractivity contribution in [3.63, 3.8) is 0 Å². The quantitative estimate of drug-likeness (QED) is 0.907. The minimum Gasteiger partial charge on any atom is -0.486 e. The summed E-state index contributed by atoms with van der Waals surface area (Å²) in [6.07, 6.45) is 3.16. The van der Waals surface area contributed by atoms with E-state index in [-0.39, 0.29) is 12.1 Å². The molecule has 1 aromatic rings. The number of para-hydroxylation sites is 1. The number of benzene rings is 1. The Kier molecular flexibility index (Phi) is 6.28. The molecule has 1 heterocycles. The second-order valence-electron chi connectivity index (χ2n) is 6.61. The highest BCUT2D eigenvalue weighted by Crippen LogP contribution is 2.17. The lowest BCUT2D eigenvalue weighted by Crippen LogP contribution is -2.48. The van der Waals surface area contributed by atoms with Crippen LogP contribution in [0.2, 0.25) is 0 Å². The number of methoxy groups -OCH3 is 1. The van der Waals surface area contributed by atoms with Gasteiger partial charge >= 0.3 is 6.03 Å². The van der Waals surface area contributed by atoms with Crippen molar-refractivity contribution in [2.45, 2.75) is 44.8 Å². The lowest BCUT2D eigenvalue weighted by atomic mass is 10.1. The number of amides is 2. The number of nitrogens with zero attached hydrogens (tertiary/aromatic N) is 1. The number of hydrogen-bond acceptors (Lipinski definition) is 3. The third-order valence-electron chi connectivity index (χ3n) is 4.10. The number of carbonyl (C=O) groups excluding carboxylic acids is 1. The van der Waals surface area contributed by atoms with Crippen LogP contribution in [0.3, 0.4) is 0 Å². The molecule has 0 bridgehead atoms. The monoisotopic (exact) mass is 320 g/mol. The van der Waals surface area contributed by atoms with Crippen LogP contribution in [0.5, 0.6) is 5.75 Å². The summed E-state index contributed by atoms with van der Waals surface area (Å²) in [5, 5.41) is 2.99. The predicted octanol–water partition coefficient (Wildman–Crippen LogP) is 3.05. The zero-order chi connectivity index (χ0) is 16.7. The van der Waals surface area contributed by atoms with E-state index in [0.29, 0.717) is 6.54 Å². The molecule has 23 heavy (non-hydrogen) atoms. The van der Waals surface area contributed by atoms with E-state index >= 15 is 0 Å². The summed E-state index contributed by atoms with van der Waals surface area (Å²) in [6.45, 7) is 5.94. The van der Waals surface area contributed by atoms with Crippen LogP contribution in [0.25, 0.3) is 0 Å². The van der Waals surface area contributed by atoms with Crippen LogP contribution in [0.1, 0.15) is 33.1 Å². The summed E-state index contributed by atoms with van der Waals surface area (Å²) in [5.41, 5.74) is -0.460. The van der Waals surface area contributed by atoms with E-state index in [0.717, 1.165) is 38.1 Å². The largest absolute Gasteiger partial charge is 0.486 e. The third-order valence-corrected chi connectivity index (χ3v) is 4.10. The molecule has 1 N–H and O–H groups in total. The first-order valence-electron chi connectivity index (χ1n) is 8.30. The number of nitrogens with one attached hydrogen (secondary N) is 1. The van der Waals surface area contributed by atoms with Crippen molar-refractivity contribution in [3.8, 4) is 5.75 Å². The fourth-order valence-corrected chi connectivity index (χ4v) is 2.75. The van der Waals surface area contributed by atoms with Crippen molar-refractivity contribution in [2.75, 3.05) is 26.7 Å². The summed E-state index contributed by atoms with van der Waals surface area (Å²) in [6, 6.07) is 9.65. The average Bonchev–Trinajstić information content (AvgIpc) is 2.79. The van der Waals surface area contributed by atoms with E-state index in [1.54, 1.807) is 7.11 Å². The molecule has 0 aromatic heterocycles. The number of urea groups is 1. The van der Waals surface area contributed by atoms with Gasteiger partial charge in [-0.15, -0.1) is 0 Å². The van der Waals surface area contributed by atoms with Gasteiger partial charge in [0.15, 0.2) is 0 Å². The molecular weight excluding hydrogens is 292 g/mol.